The van der Waals surface area contributed by atoms with Crippen LogP contribution in [0.5, 0.6) is 11.5 Å². The van der Waals surface area contributed by atoms with E-state index in [0.717, 1.165) is 22.5 Å². The number of phenolic OH excluding ortho intramolecular Hbond substituents is 2. The molecule has 1 heterocycles. The number of pyridine rings is 1. The maximum Gasteiger partial charge on any atom is 0.138 e. The molecule has 28 heavy (non-hydrogen) atoms. The lowest BCUT2D eigenvalue weighted by atomic mass is 10.1. The standard InChI is InChI=1S/C23H23N3O2/c1-24-20-14-16(8-12-22(20)27)6-10-18-4-3-5-19(26-18)11-7-17-9-13-23(28)21(15-17)25-2/h3-15,24-25,27-28H,1-2H3/b10-6+,11-7+. The van der Waals surface area contributed by atoms with Crippen molar-refractivity contribution in [1.29, 1.82) is 0 Å². The van der Waals surface area contributed by atoms with Crippen LogP contribution in [0.25, 0.3) is 24.3 Å². The summed E-state index contributed by atoms with van der Waals surface area (Å²) in [6.07, 6.45) is 7.77. The monoisotopic (exact) mass is 373 g/mol. The quantitative estimate of drug-likeness (QED) is 0.462. The maximum absolute atomic E-state index is 9.73. The Morgan fingerprint density at radius 1 is 0.679 bits per heavy atom. The number of aromatic nitrogens is 1. The third kappa shape index (κ3) is 4.71. The number of hydrogen-bond donors (Lipinski definition) is 4. The zero-order valence-electron chi connectivity index (χ0n) is 15.8. The predicted octanol–water partition coefficient (Wildman–Crippen LogP) is 4.92. The molecular formula is C23H23N3O2. The van der Waals surface area contributed by atoms with Crippen molar-refractivity contribution in [3.8, 4) is 11.5 Å². The lowest BCUT2D eigenvalue weighted by molar-refractivity contribution is 0.477. The van der Waals surface area contributed by atoms with E-state index in [-0.39, 0.29) is 11.5 Å². The normalized spacial score (nSPS) is 11.2. The minimum absolute atomic E-state index is 0.223. The van der Waals surface area contributed by atoms with E-state index in [9.17, 15) is 10.2 Å². The molecule has 5 nitrogen and oxygen atoms in total. The van der Waals surface area contributed by atoms with Crippen LogP contribution in [0, 0.1) is 0 Å². The number of aromatic hydroxyl groups is 2. The molecule has 4 N–H and O–H groups in total. The molecule has 0 aliphatic carbocycles. The summed E-state index contributed by atoms with van der Waals surface area (Å²) in [5.74, 6) is 0.446. The fourth-order valence-electron chi connectivity index (χ4n) is 2.73. The first kappa shape index (κ1) is 19.0. The topological polar surface area (TPSA) is 77.4 Å². The van der Waals surface area contributed by atoms with Gasteiger partial charge in [0.2, 0.25) is 0 Å². The Morgan fingerprint density at radius 3 is 1.57 bits per heavy atom. The SMILES string of the molecule is CNc1cc(/C=C/c2cccc(/C=C/c3ccc(O)c(NC)c3)n2)ccc1O. The molecule has 2 aromatic carbocycles. The molecule has 0 amide bonds. The molecule has 0 radical (unpaired) electrons. The smallest absolute Gasteiger partial charge is 0.138 e. The largest absolute Gasteiger partial charge is 0.506 e. The highest BCUT2D eigenvalue weighted by atomic mass is 16.3. The van der Waals surface area contributed by atoms with Crippen LogP contribution in [-0.4, -0.2) is 29.3 Å². The molecule has 0 aliphatic rings. The van der Waals surface area contributed by atoms with Gasteiger partial charge in [-0.3, -0.25) is 0 Å². The third-order valence-electron chi connectivity index (χ3n) is 4.27. The molecule has 0 spiro atoms. The Kier molecular flexibility index (Phi) is 5.97. The van der Waals surface area contributed by atoms with E-state index in [1.54, 1.807) is 26.2 Å². The van der Waals surface area contributed by atoms with Gasteiger partial charge in [-0.1, -0.05) is 30.4 Å². The van der Waals surface area contributed by atoms with Gasteiger partial charge in [-0.2, -0.15) is 0 Å². The number of nitrogens with one attached hydrogen (secondary N) is 2. The van der Waals surface area contributed by atoms with Gasteiger partial charge in [0.1, 0.15) is 11.5 Å². The highest BCUT2D eigenvalue weighted by Crippen LogP contribution is 2.25. The van der Waals surface area contributed by atoms with Gasteiger partial charge in [-0.05, 0) is 59.7 Å². The second kappa shape index (κ2) is 8.77. The first-order chi connectivity index (χ1) is 13.6. The van der Waals surface area contributed by atoms with Crippen LogP contribution < -0.4 is 10.6 Å². The molecule has 0 atom stereocenters. The van der Waals surface area contributed by atoms with E-state index in [1.807, 2.05) is 66.8 Å². The number of rotatable bonds is 6. The van der Waals surface area contributed by atoms with Gasteiger partial charge in [0, 0.05) is 14.1 Å². The van der Waals surface area contributed by atoms with Crippen molar-refractivity contribution in [3.05, 3.63) is 77.1 Å². The Labute approximate surface area is 164 Å². The summed E-state index contributed by atoms with van der Waals surface area (Å²) >= 11 is 0. The second-order valence-electron chi connectivity index (χ2n) is 6.21. The van der Waals surface area contributed by atoms with E-state index in [1.165, 1.54) is 0 Å². The Bertz CT molecular complexity index is 947. The number of anilines is 2. The van der Waals surface area contributed by atoms with Gasteiger partial charge < -0.3 is 20.8 Å². The van der Waals surface area contributed by atoms with Crippen LogP contribution in [-0.2, 0) is 0 Å². The molecule has 0 aliphatic heterocycles. The molecule has 0 fully saturated rings. The maximum atomic E-state index is 9.73. The van der Waals surface area contributed by atoms with E-state index >= 15 is 0 Å². The molecule has 3 rings (SSSR count). The van der Waals surface area contributed by atoms with Crippen LogP contribution in [0.15, 0.2) is 54.6 Å². The summed E-state index contributed by atoms with van der Waals surface area (Å²) in [7, 11) is 3.54. The van der Waals surface area contributed by atoms with Gasteiger partial charge in [-0.15, -0.1) is 0 Å². The molecule has 142 valence electrons. The van der Waals surface area contributed by atoms with Crippen molar-refractivity contribution in [3.63, 3.8) is 0 Å². The van der Waals surface area contributed by atoms with Crippen LogP contribution >= 0.6 is 0 Å². The zero-order valence-corrected chi connectivity index (χ0v) is 15.8. The molecule has 5 heteroatoms. The summed E-state index contributed by atoms with van der Waals surface area (Å²) in [5.41, 5.74) is 4.97. The van der Waals surface area contributed by atoms with Crippen LogP contribution in [0.4, 0.5) is 11.4 Å². The Balaban J connectivity index is 1.77. The van der Waals surface area contributed by atoms with E-state index < -0.39 is 0 Å². The number of nitrogens with zero attached hydrogens (tertiary/aromatic N) is 1. The molecule has 0 saturated heterocycles. The minimum atomic E-state index is 0.223. The fraction of sp³-hybridized carbons (Fsp3) is 0.0870. The van der Waals surface area contributed by atoms with Crippen molar-refractivity contribution in [2.24, 2.45) is 0 Å². The van der Waals surface area contributed by atoms with Crippen molar-refractivity contribution in [1.82, 2.24) is 4.98 Å². The van der Waals surface area contributed by atoms with Gasteiger partial charge in [0.25, 0.3) is 0 Å². The predicted molar refractivity (Wildman–Crippen MR) is 117 cm³/mol. The average molecular weight is 373 g/mol. The van der Waals surface area contributed by atoms with Crippen molar-refractivity contribution < 1.29 is 10.2 Å². The number of phenols is 2. The third-order valence-corrected chi connectivity index (χ3v) is 4.27. The second-order valence-corrected chi connectivity index (χ2v) is 6.21. The van der Waals surface area contributed by atoms with E-state index in [4.69, 9.17) is 0 Å². The van der Waals surface area contributed by atoms with Crippen molar-refractivity contribution >= 4 is 35.7 Å². The van der Waals surface area contributed by atoms with E-state index in [0.29, 0.717) is 11.4 Å². The minimum Gasteiger partial charge on any atom is -0.506 e. The van der Waals surface area contributed by atoms with E-state index in [2.05, 4.69) is 15.6 Å². The van der Waals surface area contributed by atoms with Crippen LogP contribution in [0.1, 0.15) is 22.5 Å². The fourth-order valence-corrected chi connectivity index (χ4v) is 2.73. The van der Waals surface area contributed by atoms with Gasteiger partial charge in [-0.25, -0.2) is 4.98 Å². The number of hydrogen-bond acceptors (Lipinski definition) is 5. The summed E-state index contributed by atoms with van der Waals surface area (Å²) in [6.45, 7) is 0. The van der Waals surface area contributed by atoms with Crippen LogP contribution in [0.2, 0.25) is 0 Å². The lowest BCUT2D eigenvalue weighted by Gasteiger charge is -2.04. The molecule has 0 bridgehead atoms. The van der Waals surface area contributed by atoms with Gasteiger partial charge in [0.05, 0.1) is 22.8 Å². The molecule has 0 unspecified atom stereocenters. The molecule has 3 aromatic rings. The zero-order chi connectivity index (χ0) is 19.9. The summed E-state index contributed by atoms with van der Waals surface area (Å²) in [5, 5.41) is 25.4. The van der Waals surface area contributed by atoms with Gasteiger partial charge >= 0.3 is 0 Å². The molecule has 0 saturated carbocycles. The lowest BCUT2D eigenvalue weighted by Crippen LogP contribution is -1.89. The molecular weight excluding hydrogens is 350 g/mol. The van der Waals surface area contributed by atoms with Crippen molar-refractivity contribution in [2.45, 2.75) is 0 Å². The Hall–Kier alpha value is -3.73. The first-order valence-corrected chi connectivity index (χ1v) is 8.94. The van der Waals surface area contributed by atoms with Crippen molar-refractivity contribution in [2.75, 3.05) is 24.7 Å². The Morgan fingerprint density at radius 2 is 1.14 bits per heavy atom. The first-order valence-electron chi connectivity index (χ1n) is 8.94. The average Bonchev–Trinajstić information content (AvgIpc) is 2.73. The van der Waals surface area contributed by atoms with Gasteiger partial charge in [0.15, 0.2) is 0 Å². The highest BCUT2D eigenvalue weighted by Gasteiger charge is 2.00. The highest BCUT2D eigenvalue weighted by molar-refractivity contribution is 5.74. The summed E-state index contributed by atoms with van der Waals surface area (Å²) < 4.78 is 0. The molecule has 1 aromatic heterocycles. The summed E-state index contributed by atoms with van der Waals surface area (Å²) in [6, 6.07) is 16.6. The summed E-state index contributed by atoms with van der Waals surface area (Å²) in [4.78, 5) is 4.62. The number of benzene rings is 2. The van der Waals surface area contributed by atoms with Crippen LogP contribution in [0.3, 0.4) is 0 Å².